The number of rotatable bonds is 6. The number of nitrogens with zero attached hydrogens (tertiary/aromatic N) is 3. The number of nitrogens with two attached hydrogens (primary N) is 1. The Hall–Kier alpha value is -4.34. The van der Waals surface area contributed by atoms with Crippen molar-refractivity contribution < 1.29 is 19.2 Å². The zero-order valence-corrected chi connectivity index (χ0v) is 18.4. The molecule has 9 nitrogen and oxygen atoms in total. The number of fused-ring (bicyclic) bond motifs is 1. The molecule has 4 rings (SSSR count). The first-order valence-electron chi connectivity index (χ1n) is 10.6. The number of oxime groups is 1. The summed E-state index contributed by atoms with van der Waals surface area (Å²) in [5.41, 5.74) is 9.57. The second kappa shape index (κ2) is 9.65. The van der Waals surface area contributed by atoms with Crippen molar-refractivity contribution in [2.45, 2.75) is 32.4 Å². The monoisotopic (exact) mass is 462 g/mol. The molecule has 0 fully saturated rings. The van der Waals surface area contributed by atoms with E-state index in [9.17, 15) is 14.0 Å². The first-order valence-corrected chi connectivity index (χ1v) is 10.6. The molecule has 0 spiro atoms. The number of hydrogen-bond donors (Lipinski definition) is 4. The summed E-state index contributed by atoms with van der Waals surface area (Å²) in [6.07, 6.45) is 2.58. The summed E-state index contributed by atoms with van der Waals surface area (Å²) in [4.78, 5) is 33.3. The highest BCUT2D eigenvalue weighted by Crippen LogP contribution is 2.32. The van der Waals surface area contributed by atoms with E-state index in [1.165, 1.54) is 12.1 Å². The Bertz CT molecular complexity index is 1290. The van der Waals surface area contributed by atoms with E-state index in [0.717, 1.165) is 29.4 Å². The van der Waals surface area contributed by atoms with Crippen LogP contribution in [-0.2, 0) is 13.0 Å². The van der Waals surface area contributed by atoms with Crippen LogP contribution in [-0.4, -0.2) is 32.8 Å². The first kappa shape index (κ1) is 22.8. The fourth-order valence-electron chi connectivity index (χ4n) is 3.91. The lowest BCUT2D eigenvalue weighted by Crippen LogP contribution is -2.29. The lowest BCUT2D eigenvalue weighted by molar-refractivity contribution is 0.0931. The van der Waals surface area contributed by atoms with Crippen LogP contribution in [0, 0.1) is 12.7 Å². The molecule has 2 aromatic carbocycles. The second-order valence-electron chi connectivity index (χ2n) is 8.02. The molecule has 174 valence electrons. The van der Waals surface area contributed by atoms with Crippen LogP contribution in [0.3, 0.4) is 0 Å². The normalized spacial score (nSPS) is 15.0. The Kier molecular flexibility index (Phi) is 6.48. The summed E-state index contributed by atoms with van der Waals surface area (Å²) in [7, 11) is 0. The van der Waals surface area contributed by atoms with Crippen LogP contribution in [0.15, 0.2) is 53.9 Å². The standard InChI is InChI=1S/C24H23FN6O3/c1-13-8-14(2-6-18(13)25)11-27-23(32)20-10-21(29-12-28-20)24(33)30-19-7-4-15-9-16(22(26)31-34)3-5-17(15)19/h2-3,5-6,8-10,12,19,34H,4,7,11H2,1H3,(H2,26,31)(H,27,32)(H,30,33)/t19-/m0/s1. The number of carbonyl (C=O) groups excluding carboxylic acids is 2. The number of halogens is 1. The Balaban J connectivity index is 1.41. The van der Waals surface area contributed by atoms with Gasteiger partial charge in [0.15, 0.2) is 5.84 Å². The van der Waals surface area contributed by atoms with Gasteiger partial charge in [0.05, 0.1) is 6.04 Å². The van der Waals surface area contributed by atoms with Crippen molar-refractivity contribution in [1.29, 1.82) is 0 Å². The van der Waals surface area contributed by atoms with Crippen LogP contribution >= 0.6 is 0 Å². The molecule has 1 atom stereocenters. The summed E-state index contributed by atoms with van der Waals surface area (Å²) in [6.45, 7) is 1.84. The molecule has 0 saturated heterocycles. The Morgan fingerprint density at radius 1 is 1.15 bits per heavy atom. The summed E-state index contributed by atoms with van der Waals surface area (Å²) >= 11 is 0. The van der Waals surface area contributed by atoms with Gasteiger partial charge in [-0.1, -0.05) is 29.4 Å². The van der Waals surface area contributed by atoms with Crippen molar-refractivity contribution in [3.63, 3.8) is 0 Å². The molecule has 1 aromatic heterocycles. The number of amidine groups is 1. The SMILES string of the molecule is Cc1cc(CNC(=O)c2cc(C(=O)N[C@H]3CCc4cc(C(N)=NO)ccc43)ncn2)ccc1F. The Morgan fingerprint density at radius 3 is 2.65 bits per heavy atom. The van der Waals surface area contributed by atoms with Gasteiger partial charge in [0.1, 0.15) is 23.5 Å². The fourth-order valence-corrected chi connectivity index (χ4v) is 3.91. The van der Waals surface area contributed by atoms with Gasteiger partial charge in [0.25, 0.3) is 11.8 Å². The molecule has 1 aliphatic rings. The molecular weight excluding hydrogens is 439 g/mol. The van der Waals surface area contributed by atoms with E-state index in [1.807, 2.05) is 12.1 Å². The number of benzene rings is 2. The molecular formula is C24H23FN6O3. The van der Waals surface area contributed by atoms with Crippen LogP contribution in [0.1, 0.15) is 61.3 Å². The van der Waals surface area contributed by atoms with Gasteiger partial charge in [0.2, 0.25) is 0 Å². The van der Waals surface area contributed by atoms with Crippen LogP contribution in [0.25, 0.3) is 0 Å². The zero-order chi connectivity index (χ0) is 24.2. The van der Waals surface area contributed by atoms with Gasteiger partial charge >= 0.3 is 0 Å². The van der Waals surface area contributed by atoms with Crippen molar-refractivity contribution >= 4 is 17.6 Å². The highest BCUT2D eigenvalue weighted by atomic mass is 19.1. The van der Waals surface area contributed by atoms with Crippen LogP contribution in [0.5, 0.6) is 0 Å². The van der Waals surface area contributed by atoms with E-state index in [1.54, 1.807) is 25.1 Å². The maximum absolute atomic E-state index is 13.4. The van der Waals surface area contributed by atoms with E-state index in [0.29, 0.717) is 17.5 Å². The van der Waals surface area contributed by atoms with Crippen LogP contribution in [0.2, 0.25) is 0 Å². The van der Waals surface area contributed by atoms with Crippen molar-refractivity contribution in [3.8, 4) is 0 Å². The van der Waals surface area contributed by atoms with Crippen LogP contribution < -0.4 is 16.4 Å². The number of carbonyl (C=O) groups is 2. The van der Waals surface area contributed by atoms with Gasteiger partial charge in [0, 0.05) is 18.2 Å². The van der Waals surface area contributed by atoms with Crippen LogP contribution in [0.4, 0.5) is 4.39 Å². The minimum absolute atomic E-state index is 0.0247. The predicted molar refractivity (Wildman–Crippen MR) is 122 cm³/mol. The molecule has 34 heavy (non-hydrogen) atoms. The summed E-state index contributed by atoms with van der Waals surface area (Å²) in [5, 5.41) is 17.5. The summed E-state index contributed by atoms with van der Waals surface area (Å²) < 4.78 is 13.4. The van der Waals surface area contributed by atoms with Gasteiger partial charge in [-0.2, -0.15) is 0 Å². The average molecular weight is 462 g/mol. The first-order chi connectivity index (χ1) is 16.4. The Labute approximate surface area is 194 Å². The molecule has 10 heteroatoms. The molecule has 1 aliphatic carbocycles. The second-order valence-corrected chi connectivity index (χ2v) is 8.02. The predicted octanol–water partition coefficient (Wildman–Crippen LogP) is 2.37. The molecule has 0 aliphatic heterocycles. The maximum atomic E-state index is 13.4. The average Bonchev–Trinajstić information content (AvgIpc) is 3.25. The van der Waals surface area contributed by atoms with Gasteiger partial charge in [-0.3, -0.25) is 9.59 Å². The molecule has 0 radical (unpaired) electrons. The maximum Gasteiger partial charge on any atom is 0.270 e. The van der Waals surface area contributed by atoms with Gasteiger partial charge < -0.3 is 21.6 Å². The van der Waals surface area contributed by atoms with E-state index in [2.05, 4.69) is 25.8 Å². The lowest BCUT2D eigenvalue weighted by Gasteiger charge is -2.14. The number of aromatic nitrogens is 2. The number of amides is 2. The smallest absolute Gasteiger partial charge is 0.270 e. The van der Waals surface area contributed by atoms with Gasteiger partial charge in [-0.05, 0) is 54.2 Å². The van der Waals surface area contributed by atoms with Crippen molar-refractivity contribution in [3.05, 3.63) is 93.8 Å². The third-order valence-corrected chi connectivity index (χ3v) is 5.74. The molecule has 5 N–H and O–H groups in total. The topological polar surface area (TPSA) is 143 Å². The largest absolute Gasteiger partial charge is 0.409 e. The Morgan fingerprint density at radius 2 is 1.91 bits per heavy atom. The van der Waals surface area contributed by atoms with Crippen molar-refractivity contribution in [2.24, 2.45) is 10.9 Å². The number of hydrogen-bond acceptors (Lipinski definition) is 6. The van der Waals surface area contributed by atoms with E-state index < -0.39 is 11.8 Å². The highest BCUT2D eigenvalue weighted by Gasteiger charge is 2.25. The van der Waals surface area contributed by atoms with Gasteiger partial charge in [-0.15, -0.1) is 0 Å². The quantitative estimate of drug-likeness (QED) is 0.192. The van der Waals surface area contributed by atoms with Gasteiger partial charge in [-0.25, -0.2) is 14.4 Å². The zero-order valence-electron chi connectivity index (χ0n) is 18.4. The van der Waals surface area contributed by atoms with Crippen molar-refractivity contribution in [2.75, 3.05) is 0 Å². The molecule has 0 unspecified atom stereocenters. The lowest BCUT2D eigenvalue weighted by atomic mass is 10.0. The third kappa shape index (κ3) is 4.85. The molecule has 0 bridgehead atoms. The summed E-state index contributed by atoms with van der Waals surface area (Å²) in [5.74, 6) is -1.18. The number of nitrogens with one attached hydrogen (secondary N) is 2. The number of aryl methyl sites for hydroxylation is 2. The van der Waals surface area contributed by atoms with E-state index in [4.69, 9.17) is 10.9 Å². The molecule has 2 amide bonds. The molecule has 1 heterocycles. The van der Waals surface area contributed by atoms with E-state index >= 15 is 0 Å². The fraction of sp³-hybridized carbons (Fsp3) is 0.208. The molecule has 0 saturated carbocycles. The van der Waals surface area contributed by atoms with Crippen molar-refractivity contribution in [1.82, 2.24) is 20.6 Å². The third-order valence-electron chi connectivity index (χ3n) is 5.74. The minimum atomic E-state index is -0.472. The molecule has 3 aromatic rings. The summed E-state index contributed by atoms with van der Waals surface area (Å²) in [6, 6.07) is 11.1. The van der Waals surface area contributed by atoms with E-state index in [-0.39, 0.29) is 35.6 Å². The highest BCUT2D eigenvalue weighted by molar-refractivity contribution is 5.98. The minimum Gasteiger partial charge on any atom is -0.409 e.